The highest BCUT2D eigenvalue weighted by Crippen LogP contribution is 2.35. The minimum Gasteiger partial charge on any atom is -0.497 e. The Hall–Kier alpha value is -4.91. The number of pyridine rings is 1. The van der Waals surface area contributed by atoms with Crippen LogP contribution in [-0.2, 0) is 26.7 Å². The number of nitrogens with one attached hydrogen (secondary N) is 1. The minimum absolute atomic E-state index is 0.0167. The first kappa shape index (κ1) is 28.1. The number of carbonyl (C=O) groups is 1. The minimum atomic E-state index is -1.30. The standard InChI is InChI=1S/C27H30FN7O5/c1-34-15-30-26(33-34)19-9-16(10-21(29)25(19)40-4)12-35(13-17-5-6-18(38-2)11-23(17)39-3)14-22-20(28)7-8-24(31-22)32-27(36)37/h5-11,15H,12-14,29H2,1-4H3,(H,31,32)(H,36,37). The Morgan fingerprint density at radius 2 is 1.88 bits per heavy atom. The van der Waals surface area contributed by atoms with Gasteiger partial charge in [0.25, 0.3) is 0 Å². The third-order valence-corrected chi connectivity index (χ3v) is 6.04. The molecule has 4 N–H and O–H groups in total. The van der Waals surface area contributed by atoms with Crippen LogP contribution in [0.25, 0.3) is 11.4 Å². The molecule has 0 saturated carbocycles. The molecule has 0 unspecified atom stereocenters. The smallest absolute Gasteiger partial charge is 0.410 e. The van der Waals surface area contributed by atoms with E-state index in [0.717, 1.165) is 11.1 Å². The number of ether oxygens (including phenoxy) is 3. The molecule has 0 aliphatic heterocycles. The van der Waals surface area contributed by atoms with Crippen molar-refractivity contribution >= 4 is 17.6 Å². The maximum Gasteiger partial charge on any atom is 0.410 e. The number of aryl methyl sites for hydroxylation is 1. The molecule has 0 radical (unpaired) electrons. The van der Waals surface area contributed by atoms with E-state index in [1.165, 1.54) is 19.2 Å². The van der Waals surface area contributed by atoms with Crippen molar-refractivity contribution in [1.82, 2.24) is 24.6 Å². The lowest BCUT2D eigenvalue weighted by Crippen LogP contribution is -2.24. The summed E-state index contributed by atoms with van der Waals surface area (Å²) in [7, 11) is 6.40. The summed E-state index contributed by atoms with van der Waals surface area (Å²) in [6, 6.07) is 11.5. The Morgan fingerprint density at radius 1 is 1.07 bits per heavy atom. The van der Waals surface area contributed by atoms with Gasteiger partial charge in [-0.2, -0.15) is 5.10 Å². The largest absolute Gasteiger partial charge is 0.497 e. The third kappa shape index (κ3) is 6.56. The van der Waals surface area contributed by atoms with Gasteiger partial charge in [0.2, 0.25) is 0 Å². The number of nitrogens with two attached hydrogens (primary N) is 1. The summed E-state index contributed by atoms with van der Waals surface area (Å²) in [6.07, 6.45) is 0.279. The van der Waals surface area contributed by atoms with Gasteiger partial charge in [-0.1, -0.05) is 6.07 Å². The highest BCUT2D eigenvalue weighted by Gasteiger charge is 2.20. The summed E-state index contributed by atoms with van der Waals surface area (Å²) in [5, 5.41) is 15.6. The quantitative estimate of drug-likeness (QED) is 0.234. The summed E-state index contributed by atoms with van der Waals surface area (Å²) in [5.41, 5.74) is 9.01. The molecule has 2 aromatic heterocycles. The number of methoxy groups -OCH3 is 3. The van der Waals surface area contributed by atoms with Gasteiger partial charge >= 0.3 is 6.09 Å². The molecule has 4 aromatic rings. The van der Waals surface area contributed by atoms with Gasteiger partial charge in [-0.25, -0.2) is 19.2 Å². The molecule has 0 fully saturated rings. The molecule has 0 atom stereocenters. The number of amides is 1. The number of hydrogen-bond acceptors (Lipinski definition) is 9. The van der Waals surface area contributed by atoms with Crippen molar-refractivity contribution in [3.8, 4) is 28.6 Å². The fraction of sp³-hybridized carbons (Fsp3) is 0.259. The Morgan fingerprint density at radius 3 is 2.52 bits per heavy atom. The van der Waals surface area contributed by atoms with Crippen molar-refractivity contribution in [2.24, 2.45) is 7.05 Å². The van der Waals surface area contributed by atoms with Gasteiger partial charge < -0.3 is 25.1 Å². The number of nitrogens with zero attached hydrogens (tertiary/aromatic N) is 5. The number of nitrogen functional groups attached to an aromatic ring is 1. The molecule has 210 valence electrons. The van der Waals surface area contributed by atoms with Crippen LogP contribution in [0, 0.1) is 5.82 Å². The first-order valence-corrected chi connectivity index (χ1v) is 12.1. The summed E-state index contributed by atoms with van der Waals surface area (Å²) < 4.78 is 32.9. The molecular weight excluding hydrogens is 521 g/mol. The van der Waals surface area contributed by atoms with E-state index in [0.29, 0.717) is 47.4 Å². The topological polar surface area (TPSA) is 150 Å². The lowest BCUT2D eigenvalue weighted by Gasteiger charge is -2.24. The van der Waals surface area contributed by atoms with E-state index in [-0.39, 0.29) is 18.1 Å². The average molecular weight is 552 g/mol. The molecule has 40 heavy (non-hydrogen) atoms. The van der Waals surface area contributed by atoms with Gasteiger partial charge in [0.15, 0.2) is 11.6 Å². The monoisotopic (exact) mass is 551 g/mol. The predicted molar refractivity (Wildman–Crippen MR) is 146 cm³/mol. The van der Waals surface area contributed by atoms with Crippen molar-refractivity contribution in [2.45, 2.75) is 19.6 Å². The number of halogens is 1. The zero-order valence-corrected chi connectivity index (χ0v) is 22.5. The number of benzene rings is 2. The van der Waals surface area contributed by atoms with Crippen molar-refractivity contribution in [3.05, 3.63) is 71.4 Å². The van der Waals surface area contributed by atoms with Gasteiger partial charge in [-0.05, 0) is 35.9 Å². The highest BCUT2D eigenvalue weighted by molar-refractivity contribution is 5.81. The van der Waals surface area contributed by atoms with E-state index in [4.69, 9.17) is 25.1 Å². The molecule has 0 saturated heterocycles. The van der Waals surface area contributed by atoms with Gasteiger partial charge in [-0.3, -0.25) is 14.9 Å². The normalized spacial score (nSPS) is 10.9. The molecule has 2 heterocycles. The molecule has 0 bridgehead atoms. The van der Waals surface area contributed by atoms with Crippen LogP contribution in [0.4, 0.5) is 20.7 Å². The fourth-order valence-corrected chi connectivity index (χ4v) is 4.30. The van der Waals surface area contributed by atoms with Gasteiger partial charge in [0, 0.05) is 38.3 Å². The van der Waals surface area contributed by atoms with Crippen LogP contribution in [0.5, 0.6) is 17.2 Å². The number of aromatic nitrogens is 4. The zero-order valence-electron chi connectivity index (χ0n) is 22.5. The fourth-order valence-electron chi connectivity index (χ4n) is 4.30. The van der Waals surface area contributed by atoms with E-state index < -0.39 is 11.9 Å². The van der Waals surface area contributed by atoms with Crippen molar-refractivity contribution in [2.75, 3.05) is 32.4 Å². The Labute approximate surface area is 230 Å². The Balaban J connectivity index is 1.74. The third-order valence-electron chi connectivity index (χ3n) is 6.04. The molecule has 12 nitrogen and oxygen atoms in total. The van der Waals surface area contributed by atoms with Crippen molar-refractivity contribution in [3.63, 3.8) is 0 Å². The lowest BCUT2D eigenvalue weighted by atomic mass is 10.1. The van der Waals surface area contributed by atoms with Gasteiger partial charge in [0.05, 0.1) is 38.3 Å². The first-order chi connectivity index (χ1) is 19.2. The highest BCUT2D eigenvalue weighted by atomic mass is 19.1. The second-order valence-corrected chi connectivity index (χ2v) is 8.89. The van der Waals surface area contributed by atoms with E-state index in [2.05, 4.69) is 20.4 Å². The van der Waals surface area contributed by atoms with Crippen LogP contribution in [0.2, 0.25) is 0 Å². The van der Waals surface area contributed by atoms with Crippen LogP contribution in [0.1, 0.15) is 16.8 Å². The van der Waals surface area contributed by atoms with Crippen LogP contribution < -0.4 is 25.3 Å². The second kappa shape index (κ2) is 12.3. The van der Waals surface area contributed by atoms with Crippen LogP contribution in [-0.4, -0.2) is 57.2 Å². The van der Waals surface area contributed by atoms with Crippen LogP contribution >= 0.6 is 0 Å². The average Bonchev–Trinajstić information content (AvgIpc) is 3.36. The lowest BCUT2D eigenvalue weighted by molar-refractivity contribution is 0.209. The maximum atomic E-state index is 14.9. The molecule has 0 aliphatic rings. The summed E-state index contributed by atoms with van der Waals surface area (Å²) in [5.74, 6) is 1.54. The number of carboxylic acid groups (broad SMARTS) is 1. The van der Waals surface area contributed by atoms with Gasteiger partial charge in [-0.15, -0.1) is 0 Å². The predicted octanol–water partition coefficient (Wildman–Crippen LogP) is 3.92. The molecule has 4 rings (SSSR count). The SMILES string of the molecule is COc1ccc(CN(Cc2cc(N)c(OC)c(-c3ncn(C)n3)c2)Cc2nc(NC(=O)O)ccc2F)c(OC)c1. The zero-order chi connectivity index (χ0) is 28.8. The van der Waals surface area contributed by atoms with Crippen molar-refractivity contribution < 1.29 is 28.5 Å². The maximum absolute atomic E-state index is 14.9. The Kier molecular flexibility index (Phi) is 8.64. The van der Waals surface area contributed by atoms with Crippen LogP contribution in [0.15, 0.2) is 48.8 Å². The molecule has 2 aromatic carbocycles. The Bertz CT molecular complexity index is 1510. The summed E-state index contributed by atoms with van der Waals surface area (Å²) in [4.78, 5) is 21.6. The summed E-state index contributed by atoms with van der Waals surface area (Å²) in [6.45, 7) is 0.675. The molecule has 1 amide bonds. The van der Waals surface area contributed by atoms with Gasteiger partial charge in [0.1, 0.15) is 29.5 Å². The molecule has 0 aliphatic carbocycles. The number of anilines is 2. The van der Waals surface area contributed by atoms with Crippen LogP contribution in [0.3, 0.4) is 0 Å². The van der Waals surface area contributed by atoms with E-state index in [9.17, 15) is 9.18 Å². The number of hydrogen-bond donors (Lipinski definition) is 3. The molecular formula is C27H30FN7O5. The second-order valence-electron chi connectivity index (χ2n) is 8.89. The molecule has 13 heteroatoms. The number of rotatable bonds is 11. The van der Waals surface area contributed by atoms with E-state index in [1.807, 2.05) is 23.1 Å². The molecule has 0 spiro atoms. The van der Waals surface area contributed by atoms with E-state index >= 15 is 0 Å². The van der Waals surface area contributed by atoms with Crippen molar-refractivity contribution in [1.29, 1.82) is 0 Å². The van der Waals surface area contributed by atoms with E-state index in [1.54, 1.807) is 44.4 Å². The first-order valence-electron chi connectivity index (χ1n) is 12.1. The summed E-state index contributed by atoms with van der Waals surface area (Å²) >= 11 is 0.